The Balaban J connectivity index is 1.93. The lowest BCUT2D eigenvalue weighted by molar-refractivity contribution is 0.295. The molecule has 1 aliphatic carbocycles. The monoisotopic (exact) mass is 314 g/mol. The largest absolute Gasteiger partial charge is 0.353 e. The number of benzene rings is 1. The number of hydrogen-bond donors (Lipinski definition) is 2. The van der Waals surface area contributed by atoms with Crippen molar-refractivity contribution in [3.05, 3.63) is 47.5 Å². The van der Waals surface area contributed by atoms with Gasteiger partial charge in [-0.25, -0.2) is 0 Å². The molecule has 1 aromatic carbocycles. The maximum Gasteiger partial charge on any atom is 0.191 e. The zero-order valence-corrected chi connectivity index (χ0v) is 14.7. The highest BCUT2D eigenvalue weighted by atomic mass is 15.2. The van der Waals surface area contributed by atoms with Crippen molar-refractivity contribution in [2.75, 3.05) is 20.1 Å². The molecule has 126 valence electrons. The van der Waals surface area contributed by atoms with Gasteiger partial charge in [0.2, 0.25) is 0 Å². The first-order chi connectivity index (χ1) is 11.3. The second kappa shape index (κ2) is 9.36. The summed E-state index contributed by atoms with van der Waals surface area (Å²) in [6.07, 6.45) is 6.62. The SMILES string of the molecule is CCN(CC)Cc1ccccc1CNC(=NC)NC1CC=CC1. The molecule has 2 rings (SSSR count). The van der Waals surface area contributed by atoms with Crippen LogP contribution in [-0.2, 0) is 13.1 Å². The summed E-state index contributed by atoms with van der Waals surface area (Å²) in [6, 6.07) is 9.15. The number of rotatable bonds is 7. The van der Waals surface area contributed by atoms with Crippen LogP contribution < -0.4 is 10.6 Å². The van der Waals surface area contributed by atoms with Gasteiger partial charge in [0.15, 0.2) is 5.96 Å². The zero-order valence-electron chi connectivity index (χ0n) is 14.7. The fraction of sp³-hybridized carbons (Fsp3) is 0.526. The van der Waals surface area contributed by atoms with Crippen molar-refractivity contribution in [3.8, 4) is 0 Å². The third kappa shape index (κ3) is 5.39. The van der Waals surface area contributed by atoms with E-state index in [1.54, 1.807) is 0 Å². The Morgan fingerprint density at radius 3 is 2.39 bits per heavy atom. The van der Waals surface area contributed by atoms with Crippen molar-refractivity contribution in [2.45, 2.75) is 45.8 Å². The Bertz CT molecular complexity index is 524. The number of nitrogens with one attached hydrogen (secondary N) is 2. The minimum absolute atomic E-state index is 0.479. The van der Waals surface area contributed by atoms with Gasteiger partial charge in [-0.1, -0.05) is 50.3 Å². The summed E-state index contributed by atoms with van der Waals surface area (Å²) in [5, 5.41) is 6.94. The van der Waals surface area contributed by atoms with Crippen LogP contribution >= 0.6 is 0 Å². The number of hydrogen-bond acceptors (Lipinski definition) is 2. The van der Waals surface area contributed by atoms with E-state index in [0.717, 1.165) is 45.0 Å². The third-order valence-electron chi connectivity index (χ3n) is 4.43. The summed E-state index contributed by atoms with van der Waals surface area (Å²) < 4.78 is 0. The molecule has 0 radical (unpaired) electrons. The Kier molecular flexibility index (Phi) is 7.14. The number of aliphatic imine (C=N–C) groups is 1. The lowest BCUT2D eigenvalue weighted by Crippen LogP contribution is -2.42. The van der Waals surface area contributed by atoms with Gasteiger partial charge in [-0.05, 0) is 37.1 Å². The summed E-state index contributed by atoms with van der Waals surface area (Å²) in [6.45, 7) is 8.39. The maximum atomic E-state index is 4.35. The topological polar surface area (TPSA) is 39.7 Å². The first-order valence-corrected chi connectivity index (χ1v) is 8.68. The van der Waals surface area contributed by atoms with E-state index in [4.69, 9.17) is 0 Å². The lowest BCUT2D eigenvalue weighted by atomic mass is 10.1. The molecular formula is C19H30N4. The Hall–Kier alpha value is -1.81. The predicted octanol–water partition coefficient (Wildman–Crippen LogP) is 2.91. The van der Waals surface area contributed by atoms with Crippen LogP contribution in [0.2, 0.25) is 0 Å². The Morgan fingerprint density at radius 2 is 1.78 bits per heavy atom. The van der Waals surface area contributed by atoms with E-state index in [9.17, 15) is 0 Å². The molecule has 0 heterocycles. The maximum absolute atomic E-state index is 4.35. The van der Waals surface area contributed by atoms with E-state index in [0.29, 0.717) is 6.04 Å². The molecule has 0 spiro atoms. The van der Waals surface area contributed by atoms with Crippen LogP contribution in [0.5, 0.6) is 0 Å². The fourth-order valence-corrected chi connectivity index (χ4v) is 2.87. The highest BCUT2D eigenvalue weighted by Crippen LogP contribution is 2.12. The van der Waals surface area contributed by atoms with Gasteiger partial charge in [0, 0.05) is 26.2 Å². The van der Waals surface area contributed by atoms with E-state index in [1.165, 1.54) is 11.1 Å². The average Bonchev–Trinajstić information content (AvgIpc) is 3.10. The average molecular weight is 314 g/mol. The molecule has 2 N–H and O–H groups in total. The van der Waals surface area contributed by atoms with E-state index in [2.05, 4.69) is 70.8 Å². The van der Waals surface area contributed by atoms with Crippen LogP contribution in [0.25, 0.3) is 0 Å². The van der Waals surface area contributed by atoms with Crippen molar-refractivity contribution in [1.29, 1.82) is 0 Å². The molecule has 0 atom stereocenters. The zero-order chi connectivity index (χ0) is 16.5. The minimum atomic E-state index is 0.479. The molecule has 0 fully saturated rings. The van der Waals surface area contributed by atoms with Gasteiger partial charge in [0.1, 0.15) is 0 Å². The van der Waals surface area contributed by atoms with Crippen molar-refractivity contribution in [1.82, 2.24) is 15.5 Å². The van der Waals surface area contributed by atoms with Crippen LogP contribution in [-0.4, -0.2) is 37.0 Å². The van der Waals surface area contributed by atoms with Gasteiger partial charge in [-0.2, -0.15) is 0 Å². The van der Waals surface area contributed by atoms with Crippen LogP contribution in [0.1, 0.15) is 37.8 Å². The Morgan fingerprint density at radius 1 is 1.13 bits per heavy atom. The fourth-order valence-electron chi connectivity index (χ4n) is 2.87. The molecule has 1 aromatic rings. The van der Waals surface area contributed by atoms with Crippen LogP contribution in [0.3, 0.4) is 0 Å². The smallest absolute Gasteiger partial charge is 0.191 e. The standard InChI is InChI=1S/C19H30N4/c1-4-23(5-2)15-17-11-7-6-10-16(17)14-21-19(20-3)22-18-12-8-9-13-18/h6-11,18H,4-5,12-15H2,1-3H3,(H2,20,21,22). The van der Waals surface area contributed by atoms with Gasteiger partial charge in [-0.15, -0.1) is 0 Å². The van der Waals surface area contributed by atoms with Crippen LogP contribution in [0.4, 0.5) is 0 Å². The van der Waals surface area contributed by atoms with Gasteiger partial charge < -0.3 is 10.6 Å². The van der Waals surface area contributed by atoms with Crippen molar-refractivity contribution < 1.29 is 0 Å². The van der Waals surface area contributed by atoms with E-state index in [1.807, 2.05) is 7.05 Å². The van der Waals surface area contributed by atoms with E-state index in [-0.39, 0.29) is 0 Å². The summed E-state index contributed by atoms with van der Waals surface area (Å²) >= 11 is 0. The summed E-state index contributed by atoms with van der Waals surface area (Å²) in [7, 11) is 1.83. The molecule has 0 aliphatic heterocycles. The number of guanidine groups is 1. The van der Waals surface area contributed by atoms with Crippen molar-refractivity contribution in [3.63, 3.8) is 0 Å². The normalized spacial score (nSPS) is 15.4. The quantitative estimate of drug-likeness (QED) is 0.462. The molecular weight excluding hydrogens is 284 g/mol. The summed E-state index contributed by atoms with van der Waals surface area (Å²) in [4.78, 5) is 6.79. The first kappa shape index (κ1) is 17.5. The molecule has 4 heteroatoms. The second-order valence-corrected chi connectivity index (χ2v) is 5.94. The summed E-state index contributed by atoms with van der Waals surface area (Å²) in [5.41, 5.74) is 2.73. The highest BCUT2D eigenvalue weighted by molar-refractivity contribution is 5.80. The first-order valence-electron chi connectivity index (χ1n) is 8.68. The van der Waals surface area contributed by atoms with E-state index < -0.39 is 0 Å². The van der Waals surface area contributed by atoms with Crippen LogP contribution in [0.15, 0.2) is 41.4 Å². The molecule has 0 amide bonds. The molecule has 0 bridgehead atoms. The van der Waals surface area contributed by atoms with Gasteiger partial charge in [-0.3, -0.25) is 9.89 Å². The second-order valence-electron chi connectivity index (χ2n) is 5.94. The molecule has 0 aromatic heterocycles. The molecule has 0 saturated heterocycles. The predicted molar refractivity (Wildman–Crippen MR) is 98.6 cm³/mol. The van der Waals surface area contributed by atoms with Gasteiger partial charge in [0.05, 0.1) is 0 Å². The summed E-state index contributed by atoms with van der Waals surface area (Å²) in [5.74, 6) is 0.886. The van der Waals surface area contributed by atoms with Crippen molar-refractivity contribution in [2.24, 2.45) is 4.99 Å². The molecule has 1 aliphatic rings. The number of nitrogens with zero attached hydrogens (tertiary/aromatic N) is 2. The third-order valence-corrected chi connectivity index (χ3v) is 4.43. The molecule has 0 saturated carbocycles. The van der Waals surface area contributed by atoms with Crippen molar-refractivity contribution >= 4 is 5.96 Å². The lowest BCUT2D eigenvalue weighted by Gasteiger charge is -2.21. The van der Waals surface area contributed by atoms with Gasteiger partial charge >= 0.3 is 0 Å². The highest BCUT2D eigenvalue weighted by Gasteiger charge is 2.12. The Labute approximate surface area is 140 Å². The van der Waals surface area contributed by atoms with Gasteiger partial charge in [0.25, 0.3) is 0 Å². The van der Waals surface area contributed by atoms with Crippen LogP contribution in [0, 0.1) is 0 Å². The molecule has 23 heavy (non-hydrogen) atoms. The minimum Gasteiger partial charge on any atom is -0.353 e. The van der Waals surface area contributed by atoms with E-state index >= 15 is 0 Å². The molecule has 0 unspecified atom stereocenters. The molecule has 4 nitrogen and oxygen atoms in total.